The Bertz CT molecular complexity index is 1530. The fourth-order valence-electron chi connectivity index (χ4n) is 5.38. The number of carbonyl (C=O) groups excluding carboxylic acids is 1. The van der Waals surface area contributed by atoms with Gasteiger partial charge in [0.05, 0.1) is 43.7 Å². The van der Waals surface area contributed by atoms with Crippen molar-refractivity contribution in [3.05, 3.63) is 63.8 Å². The number of ether oxygens (including phenoxy) is 3. The Labute approximate surface area is 253 Å². The van der Waals surface area contributed by atoms with E-state index in [4.69, 9.17) is 14.2 Å². The summed E-state index contributed by atoms with van der Waals surface area (Å²) in [5.74, 6) is -2.26. The van der Waals surface area contributed by atoms with Crippen LogP contribution < -0.4 is 4.90 Å². The van der Waals surface area contributed by atoms with E-state index in [0.29, 0.717) is 4.47 Å². The summed E-state index contributed by atoms with van der Waals surface area (Å²) in [6, 6.07) is 6.83. The molecule has 5 rings (SSSR count). The van der Waals surface area contributed by atoms with Gasteiger partial charge in [-0.1, -0.05) is 21.1 Å². The van der Waals surface area contributed by atoms with Crippen LogP contribution in [0.1, 0.15) is 17.2 Å². The SMILES string of the molecule is COC1C(C(=O)N(c2cc(Br)cc(C#N)c2)[C@H]2COC[C@@H]2O)OC(CO)C(O)C1n1cc(-c2cc(F)c(C)c(F)c2)nn1. The van der Waals surface area contributed by atoms with Crippen LogP contribution >= 0.6 is 15.9 Å². The van der Waals surface area contributed by atoms with Crippen molar-refractivity contribution < 1.29 is 43.1 Å². The van der Waals surface area contributed by atoms with Crippen LogP contribution in [0.15, 0.2) is 41.0 Å². The van der Waals surface area contributed by atoms with E-state index in [1.54, 1.807) is 12.1 Å². The van der Waals surface area contributed by atoms with Crippen molar-refractivity contribution >= 4 is 27.5 Å². The molecule has 3 aromatic rings. The minimum atomic E-state index is -1.46. The molecular formula is C28H28BrF2N5O7. The molecule has 7 atom stereocenters. The number of benzene rings is 2. The average Bonchev–Trinajstić information content (AvgIpc) is 3.64. The summed E-state index contributed by atoms with van der Waals surface area (Å²) in [5, 5.41) is 49.6. The Balaban J connectivity index is 1.55. The molecule has 43 heavy (non-hydrogen) atoms. The number of amides is 1. The molecule has 1 amide bonds. The number of methoxy groups -OCH3 is 1. The zero-order valence-corrected chi connectivity index (χ0v) is 24.6. The first kappa shape index (κ1) is 31.1. The van der Waals surface area contributed by atoms with Gasteiger partial charge in [-0.05, 0) is 37.3 Å². The molecule has 228 valence electrons. The van der Waals surface area contributed by atoms with Crippen molar-refractivity contribution in [3.63, 3.8) is 0 Å². The molecule has 0 bridgehead atoms. The van der Waals surface area contributed by atoms with Crippen molar-refractivity contribution in [2.45, 2.75) is 49.5 Å². The summed E-state index contributed by atoms with van der Waals surface area (Å²) in [4.78, 5) is 15.6. The fraction of sp³-hybridized carbons (Fsp3) is 0.429. The van der Waals surface area contributed by atoms with Gasteiger partial charge in [-0.2, -0.15) is 5.26 Å². The smallest absolute Gasteiger partial charge is 0.259 e. The van der Waals surface area contributed by atoms with Gasteiger partial charge in [0.25, 0.3) is 5.91 Å². The van der Waals surface area contributed by atoms with Crippen LogP contribution in [-0.4, -0.2) is 99.7 Å². The van der Waals surface area contributed by atoms with Crippen LogP contribution in [0.2, 0.25) is 0 Å². The number of nitriles is 1. The lowest BCUT2D eigenvalue weighted by Gasteiger charge is -2.45. The number of rotatable bonds is 7. The Morgan fingerprint density at radius 1 is 1.23 bits per heavy atom. The topological polar surface area (TPSA) is 163 Å². The first-order valence-corrected chi connectivity index (χ1v) is 14.0. The number of anilines is 1. The van der Waals surface area contributed by atoms with E-state index in [1.807, 2.05) is 6.07 Å². The van der Waals surface area contributed by atoms with Crippen LogP contribution in [0.5, 0.6) is 0 Å². The summed E-state index contributed by atoms with van der Waals surface area (Å²) in [6.45, 7) is 0.569. The first-order chi connectivity index (χ1) is 20.6. The lowest BCUT2D eigenvalue weighted by molar-refractivity contribution is -0.211. The molecule has 2 aliphatic rings. The second-order valence-electron chi connectivity index (χ2n) is 10.3. The quantitative estimate of drug-likeness (QED) is 0.339. The second kappa shape index (κ2) is 12.7. The molecule has 2 saturated heterocycles. The molecule has 5 unspecified atom stereocenters. The zero-order valence-electron chi connectivity index (χ0n) is 23.0. The predicted octanol–water partition coefficient (Wildman–Crippen LogP) is 1.64. The van der Waals surface area contributed by atoms with Gasteiger partial charge < -0.3 is 34.4 Å². The van der Waals surface area contributed by atoms with Crippen molar-refractivity contribution in [1.82, 2.24) is 15.0 Å². The average molecular weight is 664 g/mol. The van der Waals surface area contributed by atoms with Crippen LogP contribution in [0.4, 0.5) is 14.5 Å². The highest BCUT2D eigenvalue weighted by atomic mass is 79.9. The van der Waals surface area contributed by atoms with Crippen LogP contribution in [0.25, 0.3) is 11.3 Å². The van der Waals surface area contributed by atoms with E-state index in [2.05, 4.69) is 26.2 Å². The maximum absolute atomic E-state index is 14.4. The molecular weight excluding hydrogens is 636 g/mol. The van der Waals surface area contributed by atoms with Crippen LogP contribution in [0, 0.1) is 29.9 Å². The number of halogens is 3. The Kier molecular flexibility index (Phi) is 9.18. The standard InChI is InChI=1S/C28H28BrF2N5O7/c1-13-18(30)5-15(6-19(13)31)20-9-35(34-33-20)24-25(39)23(10-37)43-27(26(24)41-2)28(40)36(21-11-42-12-22(21)38)17-4-14(8-32)3-16(29)7-17/h3-7,9,21-27,37-39H,10-12H2,1-2H3/t21-,22-,23?,24?,25?,26?,27?/m0/s1. The van der Waals surface area contributed by atoms with Crippen molar-refractivity contribution in [2.24, 2.45) is 0 Å². The highest BCUT2D eigenvalue weighted by molar-refractivity contribution is 9.10. The second-order valence-corrected chi connectivity index (χ2v) is 11.2. The van der Waals surface area contributed by atoms with Gasteiger partial charge in [0.15, 0.2) is 6.10 Å². The molecule has 3 heterocycles. The molecule has 0 spiro atoms. The molecule has 0 aliphatic carbocycles. The Morgan fingerprint density at radius 3 is 2.56 bits per heavy atom. The Hall–Kier alpha value is -3.36. The van der Waals surface area contributed by atoms with Crippen molar-refractivity contribution in [3.8, 4) is 17.3 Å². The van der Waals surface area contributed by atoms with E-state index in [-0.39, 0.29) is 41.3 Å². The van der Waals surface area contributed by atoms with Gasteiger partial charge in [-0.25, -0.2) is 13.5 Å². The first-order valence-electron chi connectivity index (χ1n) is 13.2. The molecule has 0 radical (unpaired) electrons. The normalized spacial score (nSPS) is 27.2. The number of hydrogen-bond donors (Lipinski definition) is 3. The maximum atomic E-state index is 14.4. The van der Waals surface area contributed by atoms with Crippen molar-refractivity contribution in [1.29, 1.82) is 5.26 Å². The largest absolute Gasteiger partial charge is 0.394 e. The molecule has 2 aliphatic heterocycles. The van der Waals surface area contributed by atoms with Gasteiger partial charge >= 0.3 is 0 Å². The Morgan fingerprint density at radius 2 is 1.95 bits per heavy atom. The third-order valence-electron chi connectivity index (χ3n) is 7.66. The molecule has 0 saturated carbocycles. The molecule has 3 N–H and O–H groups in total. The minimum Gasteiger partial charge on any atom is -0.394 e. The summed E-state index contributed by atoms with van der Waals surface area (Å²) in [5.41, 5.74) is 0.527. The van der Waals surface area contributed by atoms with E-state index < -0.39 is 66.8 Å². The zero-order chi connectivity index (χ0) is 31.0. The van der Waals surface area contributed by atoms with Crippen LogP contribution in [0.3, 0.4) is 0 Å². The van der Waals surface area contributed by atoms with E-state index >= 15 is 0 Å². The number of aromatic nitrogens is 3. The molecule has 12 nitrogen and oxygen atoms in total. The van der Waals surface area contributed by atoms with Gasteiger partial charge in [-0.15, -0.1) is 5.10 Å². The lowest BCUT2D eigenvalue weighted by Crippen LogP contribution is -2.63. The van der Waals surface area contributed by atoms with E-state index in [9.17, 15) is 34.2 Å². The summed E-state index contributed by atoms with van der Waals surface area (Å²) in [6.07, 6.45) is -5.15. The molecule has 1 aromatic heterocycles. The van der Waals surface area contributed by atoms with Gasteiger partial charge in [-0.3, -0.25) is 4.79 Å². The predicted molar refractivity (Wildman–Crippen MR) is 149 cm³/mol. The third kappa shape index (κ3) is 5.92. The van der Waals surface area contributed by atoms with Crippen LogP contribution in [-0.2, 0) is 19.0 Å². The molecule has 15 heteroatoms. The van der Waals surface area contributed by atoms with E-state index in [1.165, 1.54) is 35.9 Å². The van der Waals surface area contributed by atoms with Gasteiger partial charge in [0.1, 0.15) is 47.8 Å². The summed E-state index contributed by atoms with van der Waals surface area (Å²) < 4.78 is 47.2. The third-order valence-corrected chi connectivity index (χ3v) is 8.11. The monoisotopic (exact) mass is 663 g/mol. The maximum Gasteiger partial charge on any atom is 0.259 e. The summed E-state index contributed by atoms with van der Waals surface area (Å²) >= 11 is 3.35. The highest BCUT2D eigenvalue weighted by Crippen LogP contribution is 2.36. The number of aliphatic hydroxyl groups is 3. The number of aliphatic hydroxyl groups excluding tert-OH is 3. The minimum absolute atomic E-state index is 0.0166. The number of hydrogen-bond acceptors (Lipinski definition) is 10. The molecule has 2 aromatic carbocycles. The number of carbonyl (C=O) groups is 1. The lowest BCUT2D eigenvalue weighted by atomic mass is 9.91. The van der Waals surface area contributed by atoms with Gasteiger partial charge in [0, 0.05) is 28.4 Å². The molecule has 2 fully saturated rings. The summed E-state index contributed by atoms with van der Waals surface area (Å²) in [7, 11) is 1.29. The van der Waals surface area contributed by atoms with Gasteiger partial charge in [0.2, 0.25) is 0 Å². The fourth-order valence-corrected chi connectivity index (χ4v) is 5.86. The number of nitrogens with zero attached hydrogens (tertiary/aromatic N) is 5. The van der Waals surface area contributed by atoms with Crippen molar-refractivity contribution in [2.75, 3.05) is 31.8 Å². The van der Waals surface area contributed by atoms with E-state index in [0.717, 1.165) is 12.1 Å². The highest BCUT2D eigenvalue weighted by Gasteiger charge is 2.52.